The number of anilines is 1. The van der Waals surface area contributed by atoms with E-state index >= 15 is 0 Å². The number of aryl methyl sites for hydroxylation is 2. The Morgan fingerprint density at radius 3 is 2.52 bits per heavy atom. The van der Waals surface area contributed by atoms with E-state index in [2.05, 4.69) is 40.6 Å². The minimum absolute atomic E-state index is 0.100. The molecule has 0 saturated heterocycles. The molecule has 4 heterocycles. The topological polar surface area (TPSA) is 68.2 Å². The van der Waals surface area contributed by atoms with Crippen LogP contribution in [-0.2, 0) is 0 Å². The van der Waals surface area contributed by atoms with Crippen LogP contribution in [0, 0.1) is 13.8 Å². The molecule has 0 unspecified atom stereocenters. The van der Waals surface area contributed by atoms with Crippen LogP contribution < -0.4 is 5.32 Å². The second kappa shape index (κ2) is 6.23. The number of hydrogen-bond acceptors (Lipinski definition) is 5. The quantitative estimate of drug-likeness (QED) is 0.563. The SMILES string of the molecule is Cc1noc(C)c1-c1ccc(-c2nc3ccccn3c2NC(C)(C)C)nc1. The summed E-state index contributed by atoms with van der Waals surface area (Å²) >= 11 is 0. The van der Waals surface area contributed by atoms with Crippen molar-refractivity contribution in [2.75, 3.05) is 5.32 Å². The maximum absolute atomic E-state index is 5.27. The highest BCUT2D eigenvalue weighted by Gasteiger charge is 2.20. The Labute approximate surface area is 158 Å². The molecule has 0 bridgehead atoms. The minimum Gasteiger partial charge on any atom is -0.365 e. The fraction of sp³-hybridized carbons (Fsp3) is 0.286. The summed E-state index contributed by atoms with van der Waals surface area (Å²) in [4.78, 5) is 9.49. The number of hydrogen-bond donors (Lipinski definition) is 1. The highest BCUT2D eigenvalue weighted by Crippen LogP contribution is 2.32. The first-order valence-electron chi connectivity index (χ1n) is 8.98. The zero-order valence-corrected chi connectivity index (χ0v) is 16.2. The van der Waals surface area contributed by atoms with Gasteiger partial charge in [-0.2, -0.15) is 0 Å². The summed E-state index contributed by atoms with van der Waals surface area (Å²) in [6, 6.07) is 10.0. The first kappa shape index (κ1) is 17.3. The van der Waals surface area contributed by atoms with Crippen molar-refractivity contribution in [1.29, 1.82) is 0 Å². The van der Waals surface area contributed by atoms with Crippen LogP contribution in [0.1, 0.15) is 32.2 Å². The highest BCUT2D eigenvalue weighted by molar-refractivity contribution is 5.76. The largest absolute Gasteiger partial charge is 0.365 e. The molecule has 0 amide bonds. The van der Waals surface area contributed by atoms with Crippen molar-refractivity contribution in [2.45, 2.75) is 40.2 Å². The van der Waals surface area contributed by atoms with Gasteiger partial charge in [-0.05, 0) is 52.8 Å². The third kappa shape index (κ3) is 3.18. The molecule has 0 aliphatic carbocycles. The lowest BCUT2D eigenvalue weighted by atomic mass is 10.1. The van der Waals surface area contributed by atoms with E-state index in [4.69, 9.17) is 9.51 Å². The van der Waals surface area contributed by atoms with Gasteiger partial charge in [0.05, 0.1) is 11.4 Å². The third-order valence-corrected chi connectivity index (χ3v) is 4.35. The molecule has 0 radical (unpaired) electrons. The van der Waals surface area contributed by atoms with E-state index in [1.54, 1.807) is 0 Å². The fourth-order valence-electron chi connectivity index (χ4n) is 3.23. The Kier molecular flexibility index (Phi) is 3.98. The van der Waals surface area contributed by atoms with Gasteiger partial charge in [0.15, 0.2) is 0 Å². The molecule has 6 heteroatoms. The van der Waals surface area contributed by atoms with E-state index in [1.807, 2.05) is 56.6 Å². The molecular weight excluding hydrogens is 338 g/mol. The van der Waals surface area contributed by atoms with E-state index in [9.17, 15) is 0 Å². The molecule has 0 spiro atoms. The Balaban J connectivity index is 1.81. The second-order valence-corrected chi connectivity index (χ2v) is 7.74. The second-order valence-electron chi connectivity index (χ2n) is 7.74. The van der Waals surface area contributed by atoms with Crippen LogP contribution in [0.5, 0.6) is 0 Å². The van der Waals surface area contributed by atoms with Crippen molar-refractivity contribution < 1.29 is 4.52 Å². The van der Waals surface area contributed by atoms with Gasteiger partial charge in [-0.15, -0.1) is 0 Å². The predicted octanol–water partition coefficient (Wildman–Crippen LogP) is 4.88. The van der Waals surface area contributed by atoms with Crippen LogP contribution in [0.25, 0.3) is 28.2 Å². The summed E-state index contributed by atoms with van der Waals surface area (Å²) in [7, 11) is 0. The standard InChI is InChI=1S/C21H23N5O/c1-13-18(14(2)27-25-13)15-9-10-16(22-12-15)19-20(24-21(3,4)5)26-11-7-6-8-17(26)23-19/h6-12,24H,1-5H3. The molecule has 0 fully saturated rings. The number of aromatic nitrogens is 4. The fourth-order valence-corrected chi connectivity index (χ4v) is 3.23. The van der Waals surface area contributed by atoms with Crippen LogP contribution in [0.15, 0.2) is 47.2 Å². The smallest absolute Gasteiger partial charge is 0.141 e. The normalized spacial score (nSPS) is 11.9. The van der Waals surface area contributed by atoms with Gasteiger partial charge >= 0.3 is 0 Å². The van der Waals surface area contributed by atoms with Crippen molar-refractivity contribution in [3.63, 3.8) is 0 Å². The van der Waals surface area contributed by atoms with Crippen molar-refractivity contribution in [1.82, 2.24) is 19.5 Å². The third-order valence-electron chi connectivity index (χ3n) is 4.35. The molecule has 1 N–H and O–H groups in total. The van der Waals surface area contributed by atoms with Gasteiger partial charge < -0.3 is 9.84 Å². The average Bonchev–Trinajstić information content (AvgIpc) is 3.14. The molecule has 138 valence electrons. The van der Waals surface area contributed by atoms with E-state index in [0.717, 1.165) is 45.4 Å². The van der Waals surface area contributed by atoms with Gasteiger partial charge in [0.25, 0.3) is 0 Å². The molecule has 0 aliphatic rings. The van der Waals surface area contributed by atoms with Crippen molar-refractivity contribution in [3.05, 3.63) is 54.2 Å². The number of rotatable bonds is 3. The summed E-state index contributed by atoms with van der Waals surface area (Å²) < 4.78 is 7.33. The van der Waals surface area contributed by atoms with E-state index in [1.165, 1.54) is 0 Å². The Bertz CT molecular complexity index is 1080. The number of pyridine rings is 2. The van der Waals surface area contributed by atoms with Crippen molar-refractivity contribution in [3.8, 4) is 22.5 Å². The summed E-state index contributed by atoms with van der Waals surface area (Å²) in [5.41, 5.74) is 5.29. The van der Waals surface area contributed by atoms with Crippen LogP contribution in [0.4, 0.5) is 5.82 Å². The molecule has 27 heavy (non-hydrogen) atoms. The maximum atomic E-state index is 5.27. The van der Waals surface area contributed by atoms with Gasteiger partial charge in [-0.1, -0.05) is 17.3 Å². The molecule has 4 aromatic rings. The molecule has 0 saturated carbocycles. The predicted molar refractivity (Wildman–Crippen MR) is 107 cm³/mol. The molecule has 0 atom stereocenters. The van der Waals surface area contributed by atoms with Gasteiger partial charge in [0.2, 0.25) is 0 Å². The lowest BCUT2D eigenvalue weighted by molar-refractivity contribution is 0.393. The zero-order valence-electron chi connectivity index (χ0n) is 16.2. The van der Waals surface area contributed by atoms with Gasteiger partial charge in [0, 0.05) is 29.1 Å². The first-order chi connectivity index (χ1) is 12.8. The summed E-state index contributed by atoms with van der Waals surface area (Å²) in [5, 5.41) is 7.59. The monoisotopic (exact) mass is 361 g/mol. The van der Waals surface area contributed by atoms with Gasteiger partial charge in [-0.25, -0.2) is 4.98 Å². The summed E-state index contributed by atoms with van der Waals surface area (Å²) in [6.45, 7) is 10.2. The molecule has 6 nitrogen and oxygen atoms in total. The lowest BCUT2D eigenvalue weighted by Gasteiger charge is -2.22. The van der Waals surface area contributed by atoms with Crippen LogP contribution >= 0.6 is 0 Å². The Morgan fingerprint density at radius 2 is 1.89 bits per heavy atom. The van der Waals surface area contributed by atoms with E-state index in [0.29, 0.717) is 0 Å². The average molecular weight is 361 g/mol. The van der Waals surface area contributed by atoms with Gasteiger partial charge in [0.1, 0.15) is 22.9 Å². The number of nitrogens with zero attached hydrogens (tertiary/aromatic N) is 4. The molecule has 0 aromatic carbocycles. The van der Waals surface area contributed by atoms with E-state index in [-0.39, 0.29) is 5.54 Å². The molecular formula is C21H23N5O. The van der Waals surface area contributed by atoms with Crippen LogP contribution in [-0.4, -0.2) is 25.1 Å². The summed E-state index contributed by atoms with van der Waals surface area (Å²) in [6.07, 6.45) is 3.87. The van der Waals surface area contributed by atoms with Gasteiger partial charge in [-0.3, -0.25) is 9.38 Å². The minimum atomic E-state index is -0.100. The zero-order chi connectivity index (χ0) is 19.2. The van der Waals surface area contributed by atoms with Crippen LogP contribution in [0.3, 0.4) is 0 Å². The molecule has 4 aromatic heterocycles. The Morgan fingerprint density at radius 1 is 1.07 bits per heavy atom. The van der Waals surface area contributed by atoms with Crippen LogP contribution in [0.2, 0.25) is 0 Å². The molecule has 4 rings (SSSR count). The summed E-state index contributed by atoms with van der Waals surface area (Å²) in [5.74, 6) is 1.74. The first-order valence-corrected chi connectivity index (χ1v) is 8.98. The number of fused-ring (bicyclic) bond motifs is 1. The number of nitrogens with one attached hydrogen (secondary N) is 1. The Hall–Kier alpha value is -3.15. The highest BCUT2D eigenvalue weighted by atomic mass is 16.5. The van der Waals surface area contributed by atoms with Crippen molar-refractivity contribution >= 4 is 11.5 Å². The number of imidazole rings is 1. The van der Waals surface area contributed by atoms with E-state index < -0.39 is 0 Å². The molecule has 0 aliphatic heterocycles. The lowest BCUT2D eigenvalue weighted by Crippen LogP contribution is -2.27. The van der Waals surface area contributed by atoms with Crippen molar-refractivity contribution in [2.24, 2.45) is 0 Å². The maximum Gasteiger partial charge on any atom is 0.141 e.